The fraction of sp³-hybridized carbons (Fsp3) is 0.571. The minimum atomic E-state index is 0.615. The number of hydrogen-bond acceptors (Lipinski definition) is 2. The molecule has 0 bridgehead atoms. The Bertz CT molecular complexity index is 156. The van der Waals surface area contributed by atoms with Crippen molar-refractivity contribution in [3.63, 3.8) is 0 Å². The van der Waals surface area contributed by atoms with Gasteiger partial charge in [0.15, 0.2) is 0 Å². The lowest BCUT2D eigenvalue weighted by atomic mass is 10.1. The Balaban J connectivity index is 2.59. The SMILES string of the molecule is CC1=CN=C(CN)CC1. The van der Waals surface area contributed by atoms with Crippen LogP contribution in [-0.2, 0) is 0 Å². The van der Waals surface area contributed by atoms with Crippen LogP contribution in [0.4, 0.5) is 0 Å². The average Bonchev–Trinajstić information content (AvgIpc) is 1.90. The van der Waals surface area contributed by atoms with Gasteiger partial charge in [-0.2, -0.15) is 0 Å². The first-order chi connectivity index (χ1) is 4.33. The average molecular weight is 124 g/mol. The molecule has 0 atom stereocenters. The lowest BCUT2D eigenvalue weighted by molar-refractivity contribution is 0.957. The second kappa shape index (κ2) is 2.78. The summed E-state index contributed by atoms with van der Waals surface area (Å²) in [5, 5.41) is 0. The van der Waals surface area contributed by atoms with Gasteiger partial charge < -0.3 is 5.73 Å². The Kier molecular flexibility index (Phi) is 2.01. The van der Waals surface area contributed by atoms with Gasteiger partial charge in [0.25, 0.3) is 0 Å². The Labute approximate surface area is 55.5 Å². The van der Waals surface area contributed by atoms with Crippen LogP contribution in [0.15, 0.2) is 16.8 Å². The van der Waals surface area contributed by atoms with Crippen LogP contribution in [0.25, 0.3) is 0 Å². The molecule has 0 saturated heterocycles. The minimum Gasteiger partial charge on any atom is -0.325 e. The summed E-state index contributed by atoms with van der Waals surface area (Å²) >= 11 is 0. The maximum absolute atomic E-state index is 5.39. The number of allylic oxidation sites excluding steroid dienone is 1. The van der Waals surface area contributed by atoms with E-state index in [1.807, 2.05) is 6.20 Å². The minimum absolute atomic E-state index is 0.615. The van der Waals surface area contributed by atoms with Crippen LogP contribution < -0.4 is 5.73 Å². The standard InChI is InChI=1S/C7H12N2/c1-6-2-3-7(4-8)9-5-6/h5H,2-4,8H2,1H3. The van der Waals surface area contributed by atoms with Crippen LogP contribution in [0.2, 0.25) is 0 Å². The summed E-state index contributed by atoms with van der Waals surface area (Å²) in [6.07, 6.45) is 4.10. The van der Waals surface area contributed by atoms with Gasteiger partial charge in [-0.25, -0.2) is 0 Å². The molecule has 0 spiro atoms. The van der Waals surface area contributed by atoms with Gasteiger partial charge in [0, 0.05) is 18.5 Å². The Morgan fingerprint density at radius 1 is 1.67 bits per heavy atom. The van der Waals surface area contributed by atoms with Crippen molar-refractivity contribution < 1.29 is 0 Å². The van der Waals surface area contributed by atoms with E-state index >= 15 is 0 Å². The van der Waals surface area contributed by atoms with E-state index in [0.717, 1.165) is 18.6 Å². The van der Waals surface area contributed by atoms with Gasteiger partial charge in [-0.15, -0.1) is 0 Å². The number of rotatable bonds is 1. The summed E-state index contributed by atoms with van der Waals surface area (Å²) in [5.74, 6) is 0. The predicted octanol–water partition coefficient (Wildman–Crippen LogP) is 1.08. The lowest BCUT2D eigenvalue weighted by Crippen LogP contribution is -2.14. The molecule has 0 unspecified atom stereocenters. The maximum atomic E-state index is 5.39. The van der Waals surface area contributed by atoms with Crippen molar-refractivity contribution in [3.8, 4) is 0 Å². The zero-order valence-corrected chi connectivity index (χ0v) is 5.72. The summed E-state index contributed by atoms with van der Waals surface area (Å²) < 4.78 is 0. The number of nitrogens with zero attached hydrogens (tertiary/aromatic N) is 1. The molecule has 2 nitrogen and oxygen atoms in total. The molecule has 1 aliphatic heterocycles. The molecule has 0 aromatic carbocycles. The normalized spacial score (nSPS) is 18.9. The Morgan fingerprint density at radius 2 is 2.44 bits per heavy atom. The van der Waals surface area contributed by atoms with Crippen LogP contribution in [-0.4, -0.2) is 12.3 Å². The third-order valence-corrected chi connectivity index (χ3v) is 1.51. The van der Waals surface area contributed by atoms with Crippen LogP contribution in [0.5, 0.6) is 0 Å². The number of nitrogens with two attached hydrogens (primary N) is 1. The second-order valence-corrected chi connectivity index (χ2v) is 2.37. The zero-order chi connectivity index (χ0) is 6.69. The van der Waals surface area contributed by atoms with Gasteiger partial charge in [-0.05, 0) is 19.8 Å². The van der Waals surface area contributed by atoms with Crippen molar-refractivity contribution >= 4 is 5.71 Å². The first-order valence-electron chi connectivity index (χ1n) is 3.24. The van der Waals surface area contributed by atoms with Crippen LogP contribution in [0.3, 0.4) is 0 Å². The van der Waals surface area contributed by atoms with Gasteiger partial charge >= 0.3 is 0 Å². The Morgan fingerprint density at radius 3 is 2.89 bits per heavy atom. The summed E-state index contributed by atoms with van der Waals surface area (Å²) in [4.78, 5) is 4.16. The highest BCUT2D eigenvalue weighted by molar-refractivity contribution is 5.87. The summed E-state index contributed by atoms with van der Waals surface area (Å²) in [6, 6.07) is 0. The summed E-state index contributed by atoms with van der Waals surface area (Å²) in [5.41, 5.74) is 7.87. The monoisotopic (exact) mass is 124 g/mol. The maximum Gasteiger partial charge on any atom is 0.0318 e. The molecule has 0 fully saturated rings. The van der Waals surface area contributed by atoms with Crippen LogP contribution >= 0.6 is 0 Å². The molecule has 0 radical (unpaired) electrons. The molecule has 2 N–H and O–H groups in total. The fourth-order valence-electron chi connectivity index (χ4n) is 0.827. The third-order valence-electron chi connectivity index (χ3n) is 1.51. The smallest absolute Gasteiger partial charge is 0.0318 e. The van der Waals surface area contributed by atoms with Crippen LogP contribution in [0.1, 0.15) is 19.8 Å². The first-order valence-corrected chi connectivity index (χ1v) is 3.24. The molecule has 0 aliphatic carbocycles. The summed E-state index contributed by atoms with van der Waals surface area (Å²) in [7, 11) is 0. The molecule has 2 heteroatoms. The highest BCUT2D eigenvalue weighted by Gasteiger charge is 2.01. The van der Waals surface area contributed by atoms with Gasteiger partial charge in [0.05, 0.1) is 0 Å². The van der Waals surface area contributed by atoms with Crippen molar-refractivity contribution in [3.05, 3.63) is 11.8 Å². The van der Waals surface area contributed by atoms with Gasteiger partial charge in [0.2, 0.25) is 0 Å². The van der Waals surface area contributed by atoms with Gasteiger partial charge in [0.1, 0.15) is 0 Å². The number of hydrogen-bond donors (Lipinski definition) is 1. The fourth-order valence-corrected chi connectivity index (χ4v) is 0.827. The topological polar surface area (TPSA) is 38.4 Å². The van der Waals surface area contributed by atoms with E-state index in [1.54, 1.807) is 0 Å². The van der Waals surface area contributed by atoms with E-state index in [9.17, 15) is 0 Å². The van der Waals surface area contributed by atoms with Crippen molar-refractivity contribution in [2.24, 2.45) is 10.7 Å². The number of aliphatic imine (C=N–C) groups is 1. The molecule has 0 aromatic heterocycles. The van der Waals surface area contributed by atoms with E-state index < -0.39 is 0 Å². The Hall–Kier alpha value is -0.630. The summed E-state index contributed by atoms with van der Waals surface area (Å²) in [6.45, 7) is 2.71. The molecule has 50 valence electrons. The van der Waals surface area contributed by atoms with Crippen molar-refractivity contribution in [2.45, 2.75) is 19.8 Å². The van der Waals surface area contributed by atoms with E-state index in [1.165, 1.54) is 5.57 Å². The van der Waals surface area contributed by atoms with Crippen molar-refractivity contribution in [1.29, 1.82) is 0 Å². The molecule has 0 amide bonds. The molecular formula is C7H12N2. The predicted molar refractivity (Wildman–Crippen MR) is 39.5 cm³/mol. The third kappa shape index (κ3) is 1.64. The molecule has 1 aliphatic rings. The molecule has 1 rings (SSSR count). The van der Waals surface area contributed by atoms with E-state index in [-0.39, 0.29) is 0 Å². The largest absolute Gasteiger partial charge is 0.325 e. The van der Waals surface area contributed by atoms with E-state index in [2.05, 4.69) is 11.9 Å². The molecule has 9 heavy (non-hydrogen) atoms. The second-order valence-electron chi connectivity index (χ2n) is 2.37. The zero-order valence-electron chi connectivity index (χ0n) is 5.72. The van der Waals surface area contributed by atoms with Gasteiger partial charge in [-0.1, -0.05) is 5.57 Å². The van der Waals surface area contributed by atoms with Crippen molar-refractivity contribution in [2.75, 3.05) is 6.54 Å². The van der Waals surface area contributed by atoms with Crippen molar-refractivity contribution in [1.82, 2.24) is 0 Å². The molecule has 1 heterocycles. The van der Waals surface area contributed by atoms with E-state index in [0.29, 0.717) is 6.54 Å². The lowest BCUT2D eigenvalue weighted by Gasteiger charge is -2.07. The van der Waals surface area contributed by atoms with E-state index in [4.69, 9.17) is 5.73 Å². The molecule has 0 aromatic rings. The molecular weight excluding hydrogens is 112 g/mol. The van der Waals surface area contributed by atoms with Gasteiger partial charge in [-0.3, -0.25) is 4.99 Å². The highest BCUT2D eigenvalue weighted by Crippen LogP contribution is 2.09. The van der Waals surface area contributed by atoms with Crippen LogP contribution in [0, 0.1) is 0 Å². The quantitative estimate of drug-likeness (QED) is 0.558. The molecule has 0 saturated carbocycles. The first kappa shape index (κ1) is 6.49. The highest BCUT2D eigenvalue weighted by atomic mass is 14.8.